The Bertz CT molecular complexity index is 531. The maximum Gasteiger partial charge on any atom is 0.0662 e. The monoisotopic (exact) mass is 291 g/mol. The number of hydrogen-bond donors (Lipinski definition) is 1. The van der Waals surface area contributed by atoms with Crippen LogP contribution in [0.25, 0.3) is 0 Å². The van der Waals surface area contributed by atoms with Gasteiger partial charge in [-0.15, -0.1) is 0 Å². The summed E-state index contributed by atoms with van der Waals surface area (Å²) in [6.07, 6.45) is 4.13. The van der Waals surface area contributed by atoms with Crippen molar-refractivity contribution >= 4 is 11.6 Å². The van der Waals surface area contributed by atoms with Gasteiger partial charge >= 0.3 is 0 Å². The molecule has 0 amide bonds. The van der Waals surface area contributed by atoms with Crippen molar-refractivity contribution in [2.24, 2.45) is 0 Å². The minimum Gasteiger partial charge on any atom is -0.313 e. The zero-order valence-electron chi connectivity index (χ0n) is 12.2. The molecule has 0 aliphatic rings. The van der Waals surface area contributed by atoms with E-state index in [-0.39, 0.29) is 0 Å². The summed E-state index contributed by atoms with van der Waals surface area (Å²) in [4.78, 5) is 0. The van der Waals surface area contributed by atoms with Gasteiger partial charge in [0.25, 0.3) is 0 Å². The molecule has 1 aromatic carbocycles. The van der Waals surface area contributed by atoms with Gasteiger partial charge in [0.1, 0.15) is 0 Å². The highest BCUT2D eigenvalue weighted by Gasteiger charge is 2.09. The molecule has 20 heavy (non-hydrogen) atoms. The maximum atomic E-state index is 5.92. The fourth-order valence-electron chi connectivity index (χ4n) is 2.31. The second-order valence-electron chi connectivity index (χ2n) is 4.93. The molecule has 0 unspecified atom stereocenters. The molecule has 0 bridgehead atoms. The Morgan fingerprint density at radius 3 is 2.60 bits per heavy atom. The molecular formula is C16H22ClN3. The molecule has 1 heterocycles. The van der Waals surface area contributed by atoms with Gasteiger partial charge in [-0.25, -0.2) is 0 Å². The second kappa shape index (κ2) is 7.46. The Labute approximate surface area is 126 Å². The van der Waals surface area contributed by atoms with Crippen molar-refractivity contribution in [2.75, 3.05) is 6.54 Å². The van der Waals surface area contributed by atoms with Crippen LogP contribution in [-0.4, -0.2) is 16.3 Å². The molecule has 108 valence electrons. The quantitative estimate of drug-likeness (QED) is 0.789. The predicted octanol–water partition coefficient (Wildman–Crippen LogP) is 3.65. The average molecular weight is 292 g/mol. The van der Waals surface area contributed by atoms with Gasteiger partial charge in [0.2, 0.25) is 0 Å². The molecule has 2 rings (SSSR count). The van der Waals surface area contributed by atoms with E-state index in [1.54, 1.807) is 0 Å². The molecule has 0 saturated carbocycles. The van der Waals surface area contributed by atoms with E-state index < -0.39 is 0 Å². The molecule has 0 atom stereocenters. The van der Waals surface area contributed by atoms with E-state index in [1.807, 2.05) is 18.3 Å². The summed E-state index contributed by atoms with van der Waals surface area (Å²) in [5.74, 6) is 0. The lowest BCUT2D eigenvalue weighted by molar-refractivity contribution is 0.637. The molecule has 0 spiro atoms. The summed E-state index contributed by atoms with van der Waals surface area (Å²) < 4.78 is 2.09. The average Bonchev–Trinajstić information content (AvgIpc) is 2.84. The molecule has 2 aromatic rings. The van der Waals surface area contributed by atoms with E-state index in [0.717, 1.165) is 37.5 Å². The van der Waals surface area contributed by atoms with Crippen molar-refractivity contribution < 1.29 is 0 Å². The highest BCUT2D eigenvalue weighted by molar-refractivity contribution is 6.30. The Morgan fingerprint density at radius 1 is 1.20 bits per heavy atom. The lowest BCUT2D eigenvalue weighted by atomic mass is 10.2. The van der Waals surface area contributed by atoms with Gasteiger partial charge in [0, 0.05) is 22.8 Å². The third-order valence-corrected chi connectivity index (χ3v) is 3.61. The molecule has 0 saturated heterocycles. The van der Waals surface area contributed by atoms with Crippen LogP contribution in [0.1, 0.15) is 37.1 Å². The summed E-state index contributed by atoms with van der Waals surface area (Å²) in [6, 6.07) is 7.96. The van der Waals surface area contributed by atoms with E-state index in [4.69, 9.17) is 11.6 Å². The van der Waals surface area contributed by atoms with E-state index in [9.17, 15) is 0 Å². The highest BCUT2D eigenvalue weighted by atomic mass is 35.5. The number of hydrogen-bond acceptors (Lipinski definition) is 2. The smallest absolute Gasteiger partial charge is 0.0662 e. The van der Waals surface area contributed by atoms with Gasteiger partial charge in [-0.05, 0) is 37.1 Å². The fourth-order valence-corrected chi connectivity index (χ4v) is 2.43. The molecular weight excluding hydrogens is 270 g/mol. The Hall–Kier alpha value is -1.32. The van der Waals surface area contributed by atoms with E-state index in [2.05, 4.69) is 41.1 Å². The van der Waals surface area contributed by atoms with Crippen LogP contribution >= 0.6 is 11.6 Å². The van der Waals surface area contributed by atoms with Gasteiger partial charge in [-0.1, -0.05) is 37.6 Å². The van der Waals surface area contributed by atoms with Crippen LogP contribution in [0, 0.1) is 0 Å². The maximum absolute atomic E-state index is 5.92. The highest BCUT2D eigenvalue weighted by Crippen LogP contribution is 2.14. The van der Waals surface area contributed by atoms with Crippen LogP contribution in [0.15, 0.2) is 30.5 Å². The minimum absolute atomic E-state index is 0.773. The predicted molar refractivity (Wildman–Crippen MR) is 84.2 cm³/mol. The summed E-state index contributed by atoms with van der Waals surface area (Å²) in [7, 11) is 0. The van der Waals surface area contributed by atoms with Gasteiger partial charge in [0.05, 0.1) is 12.7 Å². The van der Waals surface area contributed by atoms with Crippen LogP contribution < -0.4 is 5.32 Å². The second-order valence-corrected chi connectivity index (χ2v) is 5.37. The Balaban J connectivity index is 2.09. The summed E-state index contributed by atoms with van der Waals surface area (Å²) >= 11 is 5.92. The van der Waals surface area contributed by atoms with E-state index >= 15 is 0 Å². The minimum atomic E-state index is 0.773. The third-order valence-electron chi connectivity index (χ3n) is 3.36. The molecule has 0 fully saturated rings. The van der Waals surface area contributed by atoms with Crippen molar-refractivity contribution in [1.29, 1.82) is 0 Å². The Morgan fingerprint density at radius 2 is 1.95 bits per heavy atom. The van der Waals surface area contributed by atoms with Crippen molar-refractivity contribution in [1.82, 2.24) is 15.1 Å². The molecule has 1 N–H and O–H groups in total. The van der Waals surface area contributed by atoms with Crippen LogP contribution in [-0.2, 0) is 19.5 Å². The topological polar surface area (TPSA) is 29.9 Å². The molecule has 0 aliphatic carbocycles. The molecule has 1 aromatic heterocycles. The zero-order valence-corrected chi connectivity index (χ0v) is 13.0. The molecule has 0 aliphatic heterocycles. The van der Waals surface area contributed by atoms with E-state index in [0.29, 0.717) is 0 Å². The lowest BCUT2D eigenvalue weighted by Gasteiger charge is -2.09. The van der Waals surface area contributed by atoms with Gasteiger partial charge < -0.3 is 5.32 Å². The Kier molecular flexibility index (Phi) is 5.62. The van der Waals surface area contributed by atoms with Crippen molar-refractivity contribution in [3.05, 3.63) is 52.3 Å². The standard InChI is InChI=1S/C16H22ClN3/c1-3-9-18-10-14-11-19-20(16(14)4-2)12-13-5-7-15(17)8-6-13/h5-8,11,18H,3-4,9-10,12H2,1-2H3. The number of rotatable bonds is 7. The normalized spacial score (nSPS) is 10.9. The van der Waals surface area contributed by atoms with Gasteiger partial charge in [-0.3, -0.25) is 4.68 Å². The van der Waals surface area contributed by atoms with Crippen LogP contribution in [0.4, 0.5) is 0 Å². The van der Waals surface area contributed by atoms with Gasteiger partial charge in [0.15, 0.2) is 0 Å². The first-order chi connectivity index (χ1) is 9.74. The third kappa shape index (κ3) is 3.84. The first-order valence-corrected chi connectivity index (χ1v) is 7.61. The summed E-state index contributed by atoms with van der Waals surface area (Å²) in [5.41, 5.74) is 3.83. The zero-order chi connectivity index (χ0) is 14.4. The molecule has 0 radical (unpaired) electrons. The lowest BCUT2D eigenvalue weighted by Crippen LogP contribution is -2.15. The fraction of sp³-hybridized carbons (Fsp3) is 0.438. The number of benzene rings is 1. The van der Waals surface area contributed by atoms with Crippen molar-refractivity contribution in [3.8, 4) is 0 Å². The van der Waals surface area contributed by atoms with Crippen LogP contribution in [0.5, 0.6) is 0 Å². The summed E-state index contributed by atoms with van der Waals surface area (Å²) in [5, 5.41) is 8.74. The number of nitrogens with zero attached hydrogens (tertiary/aromatic N) is 2. The van der Waals surface area contributed by atoms with Crippen molar-refractivity contribution in [2.45, 2.75) is 39.8 Å². The van der Waals surface area contributed by atoms with E-state index in [1.165, 1.54) is 16.8 Å². The van der Waals surface area contributed by atoms with Crippen LogP contribution in [0.3, 0.4) is 0 Å². The van der Waals surface area contributed by atoms with Crippen LogP contribution in [0.2, 0.25) is 5.02 Å². The first kappa shape index (κ1) is 15.1. The van der Waals surface area contributed by atoms with Gasteiger partial charge in [-0.2, -0.15) is 5.10 Å². The number of nitrogens with one attached hydrogen (secondary N) is 1. The molecule has 3 nitrogen and oxygen atoms in total. The number of aromatic nitrogens is 2. The SMILES string of the molecule is CCCNCc1cnn(Cc2ccc(Cl)cc2)c1CC. The molecule has 4 heteroatoms. The first-order valence-electron chi connectivity index (χ1n) is 7.23. The largest absolute Gasteiger partial charge is 0.313 e. The van der Waals surface area contributed by atoms with Crippen molar-refractivity contribution in [3.63, 3.8) is 0 Å². The number of halogens is 1. The summed E-state index contributed by atoms with van der Waals surface area (Å²) in [6.45, 7) is 7.10.